The molecule has 10 nitrogen and oxygen atoms in total. The largest absolute Gasteiger partial charge is 0.447 e. The summed E-state index contributed by atoms with van der Waals surface area (Å²) in [5.41, 5.74) is 10.0. The molecule has 10 heteroatoms. The van der Waals surface area contributed by atoms with E-state index in [0.717, 1.165) is 29.8 Å². The number of piperidine rings is 1. The molecule has 2 atom stereocenters. The Balaban J connectivity index is 1.31. The molecule has 2 amide bonds. The first-order valence-corrected chi connectivity index (χ1v) is 11.9. The summed E-state index contributed by atoms with van der Waals surface area (Å²) in [5, 5.41) is 2.82. The van der Waals surface area contributed by atoms with Gasteiger partial charge in [-0.2, -0.15) is 0 Å². The van der Waals surface area contributed by atoms with Gasteiger partial charge in [0.1, 0.15) is 35.3 Å². The molecule has 3 aromatic heterocycles. The molecule has 182 valence electrons. The van der Waals surface area contributed by atoms with Gasteiger partial charge in [-0.25, -0.2) is 19.7 Å². The Kier molecular flexibility index (Phi) is 5.28. The molecule has 1 aromatic carbocycles. The molecule has 2 aliphatic rings. The van der Waals surface area contributed by atoms with Crippen LogP contribution >= 0.6 is 0 Å². The predicted octanol–water partition coefficient (Wildman–Crippen LogP) is 3.63. The topological polar surface area (TPSA) is 128 Å². The first kappa shape index (κ1) is 22.0. The summed E-state index contributed by atoms with van der Waals surface area (Å²) in [6.45, 7) is 2.95. The number of hydrogen-bond donors (Lipinski definition) is 2. The van der Waals surface area contributed by atoms with Crippen LogP contribution < -0.4 is 11.1 Å². The molecule has 0 radical (unpaired) electrons. The van der Waals surface area contributed by atoms with Gasteiger partial charge < -0.3 is 20.7 Å². The summed E-state index contributed by atoms with van der Waals surface area (Å²) in [7, 11) is 0. The van der Waals surface area contributed by atoms with Crippen LogP contribution in [0, 0.1) is 6.92 Å². The first-order chi connectivity index (χ1) is 17.5. The Labute approximate surface area is 207 Å². The van der Waals surface area contributed by atoms with Crippen LogP contribution in [-0.4, -0.2) is 55.4 Å². The molecule has 2 saturated heterocycles. The molecule has 0 bridgehead atoms. The maximum absolute atomic E-state index is 12.7. The van der Waals surface area contributed by atoms with E-state index in [1.807, 2.05) is 41.8 Å². The van der Waals surface area contributed by atoms with Crippen molar-refractivity contribution in [3.63, 3.8) is 0 Å². The Morgan fingerprint density at radius 1 is 1.14 bits per heavy atom. The molecule has 6 rings (SSSR count). The van der Waals surface area contributed by atoms with Gasteiger partial charge in [0.05, 0.1) is 6.04 Å². The average molecular weight is 484 g/mol. The zero-order valence-corrected chi connectivity index (χ0v) is 19.7. The number of rotatable bonds is 4. The van der Waals surface area contributed by atoms with Crippen LogP contribution in [0.4, 0.5) is 16.4 Å². The number of imidazole rings is 1. The Hall–Kier alpha value is -4.47. The third-order valence-corrected chi connectivity index (χ3v) is 6.89. The van der Waals surface area contributed by atoms with Crippen LogP contribution in [0.1, 0.15) is 40.5 Å². The second kappa shape index (κ2) is 8.63. The fourth-order valence-corrected chi connectivity index (χ4v) is 5.03. The average Bonchev–Trinajstić information content (AvgIpc) is 3.45. The molecule has 36 heavy (non-hydrogen) atoms. The van der Waals surface area contributed by atoms with Crippen LogP contribution in [-0.2, 0) is 4.74 Å². The van der Waals surface area contributed by atoms with E-state index in [0.29, 0.717) is 41.6 Å². The van der Waals surface area contributed by atoms with Gasteiger partial charge in [-0.15, -0.1) is 0 Å². The van der Waals surface area contributed by atoms with Gasteiger partial charge in [0.2, 0.25) is 0 Å². The van der Waals surface area contributed by atoms with Crippen LogP contribution in [0.3, 0.4) is 0 Å². The van der Waals surface area contributed by atoms with Gasteiger partial charge in [-0.1, -0.05) is 12.1 Å². The molecule has 2 fully saturated rings. The number of nitrogens with zero attached hydrogens (tertiary/aromatic N) is 5. The lowest BCUT2D eigenvalue weighted by atomic mass is 9.93. The smallest absolute Gasteiger partial charge is 0.410 e. The van der Waals surface area contributed by atoms with Gasteiger partial charge in [0.25, 0.3) is 5.91 Å². The van der Waals surface area contributed by atoms with Gasteiger partial charge in [0, 0.05) is 42.2 Å². The molecule has 2 aliphatic heterocycles. The molecule has 0 spiro atoms. The zero-order chi connectivity index (χ0) is 24.8. The lowest BCUT2D eigenvalue weighted by molar-refractivity contribution is 0.102. The summed E-state index contributed by atoms with van der Waals surface area (Å²) in [6.07, 6.45) is 6.66. The van der Waals surface area contributed by atoms with Crippen molar-refractivity contribution < 1.29 is 14.3 Å². The van der Waals surface area contributed by atoms with Gasteiger partial charge in [0.15, 0.2) is 0 Å². The number of cyclic esters (lactones) is 1. The van der Waals surface area contributed by atoms with Crippen LogP contribution in [0.2, 0.25) is 0 Å². The molecule has 5 heterocycles. The fraction of sp³-hybridized carbons (Fsp3) is 0.269. The zero-order valence-electron chi connectivity index (χ0n) is 19.7. The van der Waals surface area contributed by atoms with Crippen molar-refractivity contribution in [1.29, 1.82) is 0 Å². The highest BCUT2D eigenvalue weighted by Crippen LogP contribution is 2.36. The van der Waals surface area contributed by atoms with Crippen LogP contribution in [0.5, 0.6) is 0 Å². The summed E-state index contributed by atoms with van der Waals surface area (Å²) in [5.74, 6) is 1.50. The van der Waals surface area contributed by atoms with Crippen LogP contribution in [0.25, 0.3) is 16.8 Å². The number of pyridine rings is 1. The Morgan fingerprint density at radius 3 is 2.78 bits per heavy atom. The Bertz CT molecular complexity index is 1480. The van der Waals surface area contributed by atoms with E-state index in [1.54, 1.807) is 29.4 Å². The quantitative estimate of drug-likeness (QED) is 0.454. The van der Waals surface area contributed by atoms with Crippen molar-refractivity contribution in [1.82, 2.24) is 24.3 Å². The van der Waals surface area contributed by atoms with E-state index in [2.05, 4.69) is 15.3 Å². The number of carbonyl (C=O) groups is 2. The number of fused-ring (bicyclic) bond motifs is 2. The third kappa shape index (κ3) is 3.80. The maximum Gasteiger partial charge on any atom is 0.410 e. The highest BCUT2D eigenvalue weighted by Gasteiger charge is 2.40. The molecule has 3 N–H and O–H groups in total. The van der Waals surface area contributed by atoms with Crippen molar-refractivity contribution in [2.75, 3.05) is 24.2 Å². The minimum absolute atomic E-state index is 0.0434. The summed E-state index contributed by atoms with van der Waals surface area (Å²) in [4.78, 5) is 40.1. The molecule has 0 aliphatic carbocycles. The van der Waals surface area contributed by atoms with E-state index in [9.17, 15) is 9.59 Å². The predicted molar refractivity (Wildman–Crippen MR) is 134 cm³/mol. The molecule has 4 aromatic rings. The number of amides is 2. The number of ether oxygens (including phenoxy) is 1. The van der Waals surface area contributed by atoms with E-state index in [4.69, 9.17) is 15.5 Å². The molecular formula is C26H25N7O3. The normalized spacial score (nSPS) is 19.2. The first-order valence-electron chi connectivity index (χ1n) is 11.9. The number of nitrogens with one attached hydrogen (secondary N) is 1. The third-order valence-electron chi connectivity index (χ3n) is 6.89. The number of benzene rings is 1. The lowest BCUT2D eigenvalue weighted by Gasteiger charge is -2.31. The highest BCUT2D eigenvalue weighted by molar-refractivity contribution is 6.04. The summed E-state index contributed by atoms with van der Waals surface area (Å²) < 4.78 is 7.20. The van der Waals surface area contributed by atoms with E-state index < -0.39 is 0 Å². The molecular weight excluding hydrogens is 458 g/mol. The van der Waals surface area contributed by atoms with E-state index in [-0.39, 0.29) is 24.0 Å². The number of aromatic nitrogens is 4. The fourth-order valence-electron chi connectivity index (χ4n) is 5.03. The van der Waals surface area contributed by atoms with Crippen LogP contribution in [0.15, 0.2) is 55.0 Å². The minimum Gasteiger partial charge on any atom is -0.447 e. The molecule has 0 unspecified atom stereocenters. The number of aryl methyl sites for hydroxylation is 1. The van der Waals surface area contributed by atoms with E-state index >= 15 is 0 Å². The number of carbonyl (C=O) groups excluding carboxylic acids is 2. The van der Waals surface area contributed by atoms with Crippen molar-refractivity contribution in [2.45, 2.75) is 31.7 Å². The van der Waals surface area contributed by atoms with Crippen molar-refractivity contribution in [3.8, 4) is 11.3 Å². The lowest BCUT2D eigenvalue weighted by Crippen LogP contribution is -2.41. The summed E-state index contributed by atoms with van der Waals surface area (Å²) >= 11 is 0. The number of anilines is 2. The maximum atomic E-state index is 12.7. The second-order valence-electron chi connectivity index (χ2n) is 9.26. The monoisotopic (exact) mass is 483 g/mol. The number of nitrogens with two attached hydrogens (primary N) is 1. The van der Waals surface area contributed by atoms with Gasteiger partial charge in [-0.05, 0) is 49.6 Å². The van der Waals surface area contributed by atoms with Crippen molar-refractivity contribution >= 4 is 29.2 Å². The van der Waals surface area contributed by atoms with E-state index in [1.165, 1.54) is 0 Å². The SMILES string of the molecule is Cc1ccnc(NC(=O)c2ccc(-c3nc([C@@H]4CC[C@@H]5COC(=O)N5C4)n4ccnc(N)c34)cc2)c1. The Morgan fingerprint density at radius 2 is 1.97 bits per heavy atom. The minimum atomic E-state index is -0.262. The van der Waals surface area contributed by atoms with Crippen molar-refractivity contribution in [2.24, 2.45) is 0 Å². The standard InChI is InChI=1S/C26H25N7O3/c1-15-8-9-28-20(12-15)30-25(34)17-4-2-16(3-5-17)21-22-23(27)29-10-11-32(22)24(31-21)18-6-7-19-14-36-26(35)33(19)13-18/h2-5,8-12,18-19H,6-7,13-14H2,1H3,(H2,27,29)(H,28,30,34)/t18-,19-/m1/s1. The molecule has 0 saturated carbocycles. The summed E-state index contributed by atoms with van der Waals surface area (Å²) in [6, 6.07) is 11.0. The number of nitrogen functional groups attached to an aromatic ring is 1. The van der Waals surface area contributed by atoms with Gasteiger partial charge >= 0.3 is 6.09 Å². The van der Waals surface area contributed by atoms with Gasteiger partial charge in [-0.3, -0.25) is 9.20 Å². The highest BCUT2D eigenvalue weighted by atomic mass is 16.6. The number of hydrogen-bond acceptors (Lipinski definition) is 7. The van der Waals surface area contributed by atoms with Crippen molar-refractivity contribution in [3.05, 3.63) is 71.9 Å². The second-order valence-corrected chi connectivity index (χ2v) is 9.26.